The Labute approximate surface area is 98.6 Å². The second-order valence-corrected chi connectivity index (χ2v) is 4.19. The van der Waals surface area contributed by atoms with Crippen LogP contribution in [-0.2, 0) is 12.8 Å². The van der Waals surface area contributed by atoms with Gasteiger partial charge in [-0.05, 0) is 25.1 Å². The topological polar surface area (TPSA) is 38.1 Å². The lowest BCUT2D eigenvalue weighted by atomic mass is 10.0. The van der Waals surface area contributed by atoms with E-state index in [4.69, 9.17) is 4.52 Å². The molecule has 1 aromatic heterocycles. The number of fused-ring (bicyclic) bond motifs is 1. The predicted molar refractivity (Wildman–Crippen MR) is 62.2 cm³/mol. The standard InChI is InChI=1S/C13H13FN2O/c14-10-3-1-2-9(8-10)13-11-4-6-15-7-5-12(11)17-16-13/h1-3,8,15H,4-7H2. The summed E-state index contributed by atoms with van der Waals surface area (Å²) in [7, 11) is 0. The average Bonchev–Trinajstić information content (AvgIpc) is 2.59. The molecule has 0 atom stereocenters. The second-order valence-electron chi connectivity index (χ2n) is 4.19. The molecule has 0 saturated heterocycles. The van der Waals surface area contributed by atoms with Gasteiger partial charge >= 0.3 is 0 Å². The first kappa shape index (κ1) is 10.5. The van der Waals surface area contributed by atoms with Crippen molar-refractivity contribution in [2.75, 3.05) is 13.1 Å². The lowest BCUT2D eigenvalue weighted by Crippen LogP contribution is -2.16. The first-order valence-electron chi connectivity index (χ1n) is 5.78. The number of benzene rings is 1. The molecule has 1 aliphatic heterocycles. The first-order valence-corrected chi connectivity index (χ1v) is 5.78. The summed E-state index contributed by atoms with van der Waals surface area (Å²) in [5.74, 6) is 0.681. The molecule has 0 radical (unpaired) electrons. The summed E-state index contributed by atoms with van der Waals surface area (Å²) in [4.78, 5) is 0. The Morgan fingerprint density at radius 2 is 2.12 bits per heavy atom. The minimum atomic E-state index is -0.244. The molecule has 88 valence electrons. The van der Waals surface area contributed by atoms with Crippen LogP contribution in [0.25, 0.3) is 11.3 Å². The maximum Gasteiger partial charge on any atom is 0.141 e. The molecule has 0 fully saturated rings. The molecule has 1 N–H and O–H groups in total. The van der Waals surface area contributed by atoms with Crippen LogP contribution in [0.1, 0.15) is 11.3 Å². The first-order chi connectivity index (χ1) is 8.34. The average molecular weight is 232 g/mol. The van der Waals surface area contributed by atoms with E-state index in [1.807, 2.05) is 6.07 Å². The molecule has 0 aliphatic carbocycles. The van der Waals surface area contributed by atoms with Gasteiger partial charge in [-0.15, -0.1) is 0 Å². The van der Waals surface area contributed by atoms with Crippen LogP contribution in [0.5, 0.6) is 0 Å². The Morgan fingerprint density at radius 1 is 1.24 bits per heavy atom. The van der Waals surface area contributed by atoms with Crippen molar-refractivity contribution in [2.24, 2.45) is 0 Å². The molecule has 1 aliphatic rings. The van der Waals surface area contributed by atoms with Crippen LogP contribution in [0.2, 0.25) is 0 Å². The van der Waals surface area contributed by atoms with E-state index in [0.29, 0.717) is 0 Å². The third-order valence-electron chi connectivity index (χ3n) is 3.05. The number of nitrogens with one attached hydrogen (secondary N) is 1. The van der Waals surface area contributed by atoms with Crippen LogP contribution in [0.4, 0.5) is 4.39 Å². The summed E-state index contributed by atoms with van der Waals surface area (Å²) in [5, 5.41) is 7.39. The smallest absolute Gasteiger partial charge is 0.141 e. The van der Waals surface area contributed by atoms with Crippen molar-refractivity contribution in [1.82, 2.24) is 10.5 Å². The third kappa shape index (κ3) is 1.96. The van der Waals surface area contributed by atoms with Gasteiger partial charge in [-0.1, -0.05) is 17.3 Å². The highest BCUT2D eigenvalue weighted by Gasteiger charge is 2.19. The maximum atomic E-state index is 13.2. The Bertz CT molecular complexity index is 536. The van der Waals surface area contributed by atoms with Crippen LogP contribution < -0.4 is 5.32 Å². The van der Waals surface area contributed by atoms with Crippen LogP contribution in [-0.4, -0.2) is 18.2 Å². The lowest BCUT2D eigenvalue weighted by Gasteiger charge is -2.00. The van der Waals surface area contributed by atoms with Gasteiger partial charge in [0, 0.05) is 24.1 Å². The lowest BCUT2D eigenvalue weighted by molar-refractivity contribution is 0.384. The number of nitrogens with zero attached hydrogens (tertiary/aromatic N) is 1. The molecule has 0 saturated carbocycles. The van der Waals surface area contributed by atoms with Gasteiger partial charge in [-0.25, -0.2) is 4.39 Å². The van der Waals surface area contributed by atoms with Gasteiger partial charge in [-0.3, -0.25) is 0 Å². The summed E-state index contributed by atoms with van der Waals surface area (Å²) in [6.45, 7) is 1.82. The summed E-state index contributed by atoms with van der Waals surface area (Å²) >= 11 is 0. The zero-order valence-corrected chi connectivity index (χ0v) is 9.37. The van der Waals surface area contributed by atoms with Crippen molar-refractivity contribution in [1.29, 1.82) is 0 Å². The summed E-state index contributed by atoms with van der Waals surface area (Å²) in [5.41, 5.74) is 2.68. The number of hydrogen-bond acceptors (Lipinski definition) is 3. The predicted octanol–water partition coefficient (Wildman–Crippen LogP) is 2.17. The molecule has 0 amide bonds. The third-order valence-corrected chi connectivity index (χ3v) is 3.05. The minimum Gasteiger partial charge on any atom is -0.360 e. The number of aromatic nitrogens is 1. The van der Waals surface area contributed by atoms with Crippen LogP contribution in [0.3, 0.4) is 0 Å². The Balaban J connectivity index is 2.06. The molecule has 4 heteroatoms. The molecule has 3 nitrogen and oxygen atoms in total. The zero-order valence-electron chi connectivity index (χ0n) is 9.37. The summed E-state index contributed by atoms with van der Waals surface area (Å²) in [6, 6.07) is 6.49. The van der Waals surface area contributed by atoms with Crippen LogP contribution >= 0.6 is 0 Å². The van der Waals surface area contributed by atoms with Crippen molar-refractivity contribution in [3.8, 4) is 11.3 Å². The monoisotopic (exact) mass is 232 g/mol. The van der Waals surface area contributed by atoms with Gasteiger partial charge in [0.05, 0.1) is 0 Å². The van der Waals surface area contributed by atoms with E-state index in [9.17, 15) is 4.39 Å². The van der Waals surface area contributed by atoms with E-state index in [0.717, 1.165) is 48.5 Å². The van der Waals surface area contributed by atoms with Crippen LogP contribution in [0, 0.1) is 5.82 Å². The molecule has 0 spiro atoms. The minimum absolute atomic E-state index is 0.244. The van der Waals surface area contributed by atoms with E-state index < -0.39 is 0 Å². The van der Waals surface area contributed by atoms with Crippen molar-refractivity contribution in [3.05, 3.63) is 41.4 Å². The molecule has 0 unspecified atom stereocenters. The number of halogens is 1. The Morgan fingerprint density at radius 3 is 3.00 bits per heavy atom. The largest absolute Gasteiger partial charge is 0.360 e. The van der Waals surface area contributed by atoms with Gasteiger partial charge in [-0.2, -0.15) is 0 Å². The van der Waals surface area contributed by atoms with Crippen molar-refractivity contribution >= 4 is 0 Å². The Hall–Kier alpha value is -1.68. The summed E-state index contributed by atoms with van der Waals surface area (Å²) in [6.07, 6.45) is 1.72. The fourth-order valence-electron chi connectivity index (χ4n) is 2.20. The Kier molecular flexibility index (Phi) is 2.65. The van der Waals surface area contributed by atoms with Gasteiger partial charge in [0.1, 0.15) is 17.3 Å². The van der Waals surface area contributed by atoms with Crippen LogP contribution in [0.15, 0.2) is 28.8 Å². The van der Waals surface area contributed by atoms with E-state index in [-0.39, 0.29) is 5.82 Å². The van der Waals surface area contributed by atoms with Crippen molar-refractivity contribution < 1.29 is 8.91 Å². The van der Waals surface area contributed by atoms with E-state index >= 15 is 0 Å². The molecular weight excluding hydrogens is 219 g/mol. The van der Waals surface area contributed by atoms with Gasteiger partial charge in [0.15, 0.2) is 0 Å². The van der Waals surface area contributed by atoms with E-state index in [1.165, 1.54) is 12.1 Å². The molecule has 0 bridgehead atoms. The van der Waals surface area contributed by atoms with Gasteiger partial charge in [0.2, 0.25) is 0 Å². The molecule has 1 aromatic carbocycles. The highest BCUT2D eigenvalue weighted by Crippen LogP contribution is 2.27. The van der Waals surface area contributed by atoms with Crippen molar-refractivity contribution in [3.63, 3.8) is 0 Å². The zero-order chi connectivity index (χ0) is 11.7. The van der Waals surface area contributed by atoms with Gasteiger partial charge in [0.25, 0.3) is 0 Å². The molecule has 2 heterocycles. The molecule has 2 aromatic rings. The highest BCUT2D eigenvalue weighted by molar-refractivity contribution is 5.63. The quantitative estimate of drug-likeness (QED) is 0.818. The maximum absolute atomic E-state index is 13.2. The molecular formula is C13H13FN2O. The SMILES string of the molecule is Fc1cccc(-c2noc3c2CCNCC3)c1. The van der Waals surface area contributed by atoms with E-state index in [1.54, 1.807) is 6.07 Å². The van der Waals surface area contributed by atoms with E-state index in [2.05, 4.69) is 10.5 Å². The fourth-order valence-corrected chi connectivity index (χ4v) is 2.20. The highest BCUT2D eigenvalue weighted by atomic mass is 19.1. The fraction of sp³-hybridized carbons (Fsp3) is 0.308. The molecule has 17 heavy (non-hydrogen) atoms. The molecule has 3 rings (SSSR count). The summed E-state index contributed by atoms with van der Waals surface area (Å²) < 4.78 is 18.5. The van der Waals surface area contributed by atoms with Crippen molar-refractivity contribution in [2.45, 2.75) is 12.8 Å². The van der Waals surface area contributed by atoms with Gasteiger partial charge < -0.3 is 9.84 Å². The number of hydrogen-bond donors (Lipinski definition) is 1. The second kappa shape index (κ2) is 4.30. The normalized spacial score (nSPS) is 15.4. The number of rotatable bonds is 1.